The smallest absolute Gasteiger partial charge is 0.220 e. The number of aromatic nitrogens is 2. The standard InChI is InChI=1S/C25H25FN3O3Si/c1-25(32,33)24-27-10-11-29(24)20(15-30)8-4-16-2-5-17(6-3-16)21-9-7-18(12-22(21)26)19-13-23(31)28-14-19/h2-12,19-20,30,32H,13-15H2,1H3,(H,28,31)/b8-4+/t19-,20+,25+/m1/s1. The van der Waals surface area contributed by atoms with Crippen LogP contribution in [0.15, 0.2) is 60.9 Å². The van der Waals surface area contributed by atoms with Crippen molar-refractivity contribution in [3.05, 3.63) is 83.7 Å². The van der Waals surface area contributed by atoms with Gasteiger partial charge in [0.15, 0.2) is 0 Å². The van der Waals surface area contributed by atoms with Crippen LogP contribution in [-0.4, -0.2) is 49.1 Å². The maximum atomic E-state index is 14.8. The molecule has 1 fully saturated rings. The Morgan fingerprint density at radius 3 is 2.70 bits per heavy atom. The van der Waals surface area contributed by atoms with Crippen LogP contribution in [0.1, 0.15) is 42.3 Å². The molecule has 0 aliphatic carbocycles. The quantitative estimate of drug-likeness (QED) is 0.471. The average Bonchev–Trinajstić information content (AvgIpc) is 3.44. The molecule has 2 heterocycles. The molecular formula is C25H25FN3O3Si. The summed E-state index contributed by atoms with van der Waals surface area (Å²) < 4.78 is 16.5. The molecule has 0 unspecified atom stereocenters. The highest BCUT2D eigenvalue weighted by atomic mass is 28.1. The van der Waals surface area contributed by atoms with Gasteiger partial charge in [0.2, 0.25) is 5.91 Å². The van der Waals surface area contributed by atoms with E-state index in [1.165, 1.54) is 6.07 Å². The number of aliphatic hydroxyl groups excluding tert-OH is 1. The summed E-state index contributed by atoms with van der Waals surface area (Å²) in [5.41, 5.74) is 2.96. The van der Waals surface area contributed by atoms with Crippen molar-refractivity contribution in [3.63, 3.8) is 0 Å². The van der Waals surface area contributed by atoms with Crippen LogP contribution in [0, 0.1) is 5.82 Å². The van der Waals surface area contributed by atoms with Gasteiger partial charge in [0.1, 0.15) is 16.9 Å². The first-order chi connectivity index (χ1) is 15.8. The fourth-order valence-corrected chi connectivity index (χ4v) is 4.25. The minimum Gasteiger partial charge on any atom is -0.394 e. The molecule has 0 spiro atoms. The highest BCUT2D eigenvalue weighted by Crippen LogP contribution is 2.29. The Hall–Kier alpha value is -3.07. The summed E-state index contributed by atoms with van der Waals surface area (Å²) >= 11 is 0. The Morgan fingerprint density at radius 1 is 1.33 bits per heavy atom. The first-order valence-corrected chi connectivity index (χ1v) is 11.2. The minimum atomic E-state index is -1.32. The molecule has 33 heavy (non-hydrogen) atoms. The van der Waals surface area contributed by atoms with Crippen molar-refractivity contribution in [2.45, 2.75) is 30.5 Å². The largest absolute Gasteiger partial charge is 0.394 e. The van der Waals surface area contributed by atoms with Gasteiger partial charge in [-0.25, -0.2) is 9.37 Å². The van der Waals surface area contributed by atoms with Crippen LogP contribution in [0.4, 0.5) is 4.39 Å². The van der Waals surface area contributed by atoms with E-state index >= 15 is 0 Å². The van der Waals surface area contributed by atoms with Crippen molar-refractivity contribution >= 4 is 22.2 Å². The average molecular weight is 463 g/mol. The van der Waals surface area contributed by atoms with Gasteiger partial charge in [0.05, 0.1) is 22.9 Å². The fourth-order valence-electron chi connectivity index (χ4n) is 4.06. The van der Waals surface area contributed by atoms with E-state index in [2.05, 4.69) is 20.5 Å². The van der Waals surface area contributed by atoms with Gasteiger partial charge in [-0.3, -0.25) is 4.79 Å². The Balaban J connectivity index is 1.50. The molecule has 3 radical (unpaired) electrons. The SMILES string of the molecule is C[C@](O)([Si])c1nccn1[C@@H](/C=C/c1ccc(-c2ccc([C@H]3CNC(=O)C3)cc2F)cc1)CO. The predicted octanol–water partition coefficient (Wildman–Crippen LogP) is 2.87. The van der Waals surface area contributed by atoms with Crippen molar-refractivity contribution in [3.8, 4) is 11.1 Å². The number of nitrogens with zero attached hydrogens (tertiary/aromatic N) is 2. The van der Waals surface area contributed by atoms with Crippen LogP contribution >= 0.6 is 0 Å². The molecule has 2 aromatic carbocycles. The number of rotatable bonds is 7. The zero-order valence-corrected chi connectivity index (χ0v) is 19.2. The van der Waals surface area contributed by atoms with Crippen molar-refractivity contribution in [2.24, 2.45) is 0 Å². The summed E-state index contributed by atoms with van der Waals surface area (Å²) in [6, 6.07) is 12.2. The molecule has 3 N–H and O–H groups in total. The van der Waals surface area contributed by atoms with Gasteiger partial charge < -0.3 is 20.1 Å². The van der Waals surface area contributed by atoms with Crippen molar-refractivity contribution in [2.75, 3.05) is 13.2 Å². The van der Waals surface area contributed by atoms with E-state index in [-0.39, 0.29) is 24.2 Å². The zero-order valence-electron chi connectivity index (χ0n) is 18.2. The molecule has 8 heteroatoms. The Bertz CT molecular complexity index is 1170. The molecular weight excluding hydrogens is 437 g/mol. The van der Waals surface area contributed by atoms with E-state index in [4.69, 9.17) is 0 Å². The third kappa shape index (κ3) is 5.13. The maximum absolute atomic E-state index is 14.8. The molecule has 1 aliphatic rings. The number of hydrogen-bond donors (Lipinski definition) is 3. The third-order valence-electron chi connectivity index (χ3n) is 5.82. The van der Waals surface area contributed by atoms with E-state index in [0.717, 1.165) is 16.7 Å². The Labute approximate surface area is 195 Å². The molecule has 169 valence electrons. The third-order valence-corrected chi connectivity index (χ3v) is 6.05. The molecule has 1 saturated heterocycles. The number of aliphatic hydroxyl groups is 2. The number of nitrogens with one attached hydrogen (secondary N) is 1. The lowest BCUT2D eigenvalue weighted by molar-refractivity contribution is -0.119. The van der Waals surface area contributed by atoms with Crippen LogP contribution in [-0.2, 0) is 10.0 Å². The molecule has 3 atom stereocenters. The van der Waals surface area contributed by atoms with Crippen molar-refractivity contribution < 1.29 is 19.4 Å². The summed E-state index contributed by atoms with van der Waals surface area (Å²) in [5, 5.41) is 21.5. The lowest BCUT2D eigenvalue weighted by Crippen LogP contribution is -2.28. The second kappa shape index (κ2) is 9.42. The minimum absolute atomic E-state index is 0.00157. The lowest BCUT2D eigenvalue weighted by atomic mass is 9.95. The van der Waals surface area contributed by atoms with Gasteiger partial charge in [-0.15, -0.1) is 0 Å². The van der Waals surface area contributed by atoms with Crippen molar-refractivity contribution in [1.82, 2.24) is 14.9 Å². The van der Waals surface area contributed by atoms with Gasteiger partial charge in [0, 0.05) is 36.8 Å². The zero-order chi connectivity index (χ0) is 23.6. The van der Waals surface area contributed by atoms with Crippen LogP contribution in [0.5, 0.6) is 0 Å². The fraction of sp³-hybridized carbons (Fsp3) is 0.280. The number of hydrogen-bond acceptors (Lipinski definition) is 4. The van der Waals surface area contributed by atoms with Gasteiger partial charge in [-0.05, 0) is 29.7 Å². The summed E-state index contributed by atoms with van der Waals surface area (Å²) in [6.45, 7) is 1.94. The van der Waals surface area contributed by atoms with Crippen LogP contribution in [0.3, 0.4) is 0 Å². The van der Waals surface area contributed by atoms with E-state index in [0.29, 0.717) is 24.4 Å². The molecule has 1 amide bonds. The summed E-state index contributed by atoms with van der Waals surface area (Å²) in [7, 11) is 3.25. The second-order valence-corrected chi connectivity index (χ2v) is 9.38. The first-order valence-electron chi connectivity index (χ1n) is 10.7. The van der Waals surface area contributed by atoms with Crippen LogP contribution in [0.2, 0.25) is 0 Å². The highest BCUT2D eigenvalue weighted by molar-refractivity contribution is 6.13. The number of imidazole rings is 1. The first kappa shape index (κ1) is 23.1. The molecule has 1 aliphatic heterocycles. The second-order valence-electron chi connectivity index (χ2n) is 8.41. The number of carbonyl (C=O) groups is 1. The molecule has 1 aromatic heterocycles. The van der Waals surface area contributed by atoms with Crippen LogP contribution < -0.4 is 5.32 Å². The monoisotopic (exact) mass is 462 g/mol. The normalized spacial score (nSPS) is 18.9. The van der Waals surface area contributed by atoms with Crippen LogP contribution in [0.25, 0.3) is 17.2 Å². The van der Waals surface area contributed by atoms with Gasteiger partial charge in [0.25, 0.3) is 0 Å². The Morgan fingerprint density at radius 2 is 2.09 bits per heavy atom. The lowest BCUT2D eigenvalue weighted by Gasteiger charge is -2.22. The van der Waals surface area contributed by atoms with E-state index in [9.17, 15) is 19.4 Å². The molecule has 3 aromatic rings. The predicted molar refractivity (Wildman–Crippen MR) is 125 cm³/mol. The molecule has 4 rings (SSSR count). The Kier molecular flexibility index (Phi) is 6.60. The number of carbonyl (C=O) groups excluding carboxylic acids is 1. The summed E-state index contributed by atoms with van der Waals surface area (Å²) in [6.07, 6.45) is 7.34. The van der Waals surface area contributed by atoms with E-state index < -0.39 is 11.3 Å². The van der Waals surface area contributed by atoms with Gasteiger partial charge in [-0.1, -0.05) is 48.6 Å². The van der Waals surface area contributed by atoms with Gasteiger partial charge >= 0.3 is 0 Å². The highest BCUT2D eigenvalue weighted by Gasteiger charge is 2.25. The maximum Gasteiger partial charge on any atom is 0.220 e. The van der Waals surface area contributed by atoms with Gasteiger partial charge in [-0.2, -0.15) is 0 Å². The molecule has 0 saturated carbocycles. The molecule has 0 bridgehead atoms. The molecule has 6 nitrogen and oxygen atoms in total. The van der Waals surface area contributed by atoms with Crippen molar-refractivity contribution in [1.29, 1.82) is 0 Å². The number of halogens is 1. The summed E-state index contributed by atoms with van der Waals surface area (Å²) in [4.78, 5) is 15.6. The number of benzene rings is 2. The number of amides is 1. The summed E-state index contributed by atoms with van der Waals surface area (Å²) in [5.74, 6) is 0.0788. The van der Waals surface area contributed by atoms with E-state index in [1.54, 1.807) is 30.0 Å². The van der Waals surface area contributed by atoms with E-state index in [1.807, 2.05) is 42.5 Å². The topological polar surface area (TPSA) is 87.4 Å².